The van der Waals surface area contributed by atoms with Gasteiger partial charge in [-0.15, -0.1) is 0 Å². The van der Waals surface area contributed by atoms with E-state index in [1.807, 2.05) is 0 Å². The lowest BCUT2D eigenvalue weighted by molar-refractivity contribution is -0.137. The van der Waals surface area contributed by atoms with Crippen molar-refractivity contribution in [3.8, 4) is 0 Å². The van der Waals surface area contributed by atoms with Gasteiger partial charge in [0.2, 0.25) is 0 Å². The van der Waals surface area contributed by atoms with E-state index in [-0.39, 0.29) is 16.9 Å². The van der Waals surface area contributed by atoms with E-state index in [4.69, 9.17) is 5.73 Å². The molecule has 8 heteroatoms. The van der Waals surface area contributed by atoms with Crippen molar-refractivity contribution in [3.63, 3.8) is 0 Å². The molecule has 0 aliphatic carbocycles. The number of alkyl halides is 3. The summed E-state index contributed by atoms with van der Waals surface area (Å²) in [7, 11) is 0. The fraction of sp³-hybridized carbons (Fsp3) is 0.0769. The molecular weight excluding hydrogens is 351 g/mol. The number of nitrogens with one attached hydrogen (secondary N) is 1. The van der Waals surface area contributed by atoms with Crippen LogP contribution in [0.1, 0.15) is 15.9 Å². The third kappa shape index (κ3) is 3.72. The third-order valence-electron chi connectivity index (χ3n) is 2.59. The van der Waals surface area contributed by atoms with E-state index in [1.54, 1.807) is 0 Å². The summed E-state index contributed by atoms with van der Waals surface area (Å²) >= 11 is 3.17. The van der Waals surface area contributed by atoms with Crippen LogP contribution in [0, 0.1) is 0 Å². The van der Waals surface area contributed by atoms with Gasteiger partial charge in [-0.3, -0.25) is 9.78 Å². The minimum absolute atomic E-state index is 0.105. The van der Waals surface area contributed by atoms with Crippen LogP contribution in [0.2, 0.25) is 0 Å². The number of nitrogens with two attached hydrogens (primary N) is 1. The molecule has 1 heterocycles. The molecular formula is C13H9BrF3N3O. The summed E-state index contributed by atoms with van der Waals surface area (Å²) in [6.07, 6.45) is -1.64. The Labute approximate surface area is 126 Å². The van der Waals surface area contributed by atoms with E-state index >= 15 is 0 Å². The zero-order valence-corrected chi connectivity index (χ0v) is 12.0. The molecule has 21 heavy (non-hydrogen) atoms. The van der Waals surface area contributed by atoms with E-state index in [0.717, 1.165) is 18.2 Å². The Hall–Kier alpha value is -2.09. The first kappa shape index (κ1) is 15.3. The standard InChI is InChI=1S/C13H9BrF3N3O/c14-9-3-7(5-19-6-9)12(21)20-11-2-1-8(4-10(11)18)13(15,16)17/h1-6H,18H2,(H,20,21). The van der Waals surface area contributed by atoms with Crippen molar-refractivity contribution in [2.24, 2.45) is 0 Å². The van der Waals surface area contributed by atoms with Gasteiger partial charge in [0.25, 0.3) is 5.91 Å². The van der Waals surface area contributed by atoms with Crippen LogP contribution in [-0.4, -0.2) is 10.9 Å². The fourth-order valence-corrected chi connectivity index (χ4v) is 1.95. The minimum Gasteiger partial charge on any atom is -0.397 e. The second-order valence-corrected chi connectivity index (χ2v) is 5.06. The zero-order valence-electron chi connectivity index (χ0n) is 10.4. The molecule has 0 bridgehead atoms. The summed E-state index contributed by atoms with van der Waals surface area (Å²) in [5.74, 6) is -0.518. The van der Waals surface area contributed by atoms with Crippen molar-refractivity contribution in [2.45, 2.75) is 6.18 Å². The van der Waals surface area contributed by atoms with Crippen molar-refractivity contribution >= 4 is 33.2 Å². The highest BCUT2D eigenvalue weighted by atomic mass is 79.9. The number of nitrogen functional groups attached to an aromatic ring is 1. The molecule has 0 unspecified atom stereocenters. The molecule has 2 rings (SSSR count). The molecule has 0 saturated carbocycles. The van der Waals surface area contributed by atoms with Gasteiger partial charge in [-0.2, -0.15) is 13.2 Å². The second-order valence-electron chi connectivity index (χ2n) is 4.15. The van der Waals surface area contributed by atoms with E-state index in [9.17, 15) is 18.0 Å². The van der Waals surface area contributed by atoms with Crippen LogP contribution in [0.3, 0.4) is 0 Å². The molecule has 0 aliphatic heterocycles. The SMILES string of the molecule is Nc1cc(C(F)(F)F)ccc1NC(=O)c1cncc(Br)c1. The largest absolute Gasteiger partial charge is 0.416 e. The topological polar surface area (TPSA) is 68.0 Å². The molecule has 2 aromatic rings. The predicted molar refractivity (Wildman–Crippen MR) is 75.7 cm³/mol. The van der Waals surface area contributed by atoms with E-state index in [1.165, 1.54) is 18.5 Å². The van der Waals surface area contributed by atoms with Gasteiger partial charge in [-0.1, -0.05) is 0 Å². The first-order valence-electron chi connectivity index (χ1n) is 5.66. The number of rotatable bonds is 2. The van der Waals surface area contributed by atoms with E-state index in [0.29, 0.717) is 4.47 Å². The summed E-state index contributed by atoms with van der Waals surface area (Å²) in [4.78, 5) is 15.8. The number of carbonyl (C=O) groups is 1. The predicted octanol–water partition coefficient (Wildman–Crippen LogP) is 3.70. The van der Waals surface area contributed by atoms with Gasteiger partial charge in [0.05, 0.1) is 22.5 Å². The van der Waals surface area contributed by atoms with Crippen LogP contribution in [0.5, 0.6) is 0 Å². The lowest BCUT2D eigenvalue weighted by Crippen LogP contribution is -2.14. The summed E-state index contributed by atoms with van der Waals surface area (Å²) in [5.41, 5.74) is 4.85. The number of pyridine rings is 1. The normalized spacial score (nSPS) is 11.2. The van der Waals surface area contributed by atoms with Gasteiger partial charge in [-0.25, -0.2) is 0 Å². The fourth-order valence-electron chi connectivity index (χ4n) is 1.58. The van der Waals surface area contributed by atoms with Crippen molar-refractivity contribution in [1.29, 1.82) is 0 Å². The zero-order chi connectivity index (χ0) is 15.6. The maximum absolute atomic E-state index is 12.5. The second kappa shape index (κ2) is 5.72. The molecule has 0 fully saturated rings. The number of anilines is 2. The molecule has 0 saturated heterocycles. The molecule has 0 aliphatic rings. The van der Waals surface area contributed by atoms with Crippen LogP contribution in [0.4, 0.5) is 24.5 Å². The number of nitrogens with zero attached hydrogens (tertiary/aromatic N) is 1. The monoisotopic (exact) mass is 359 g/mol. The Kier molecular flexibility index (Phi) is 4.17. The number of benzene rings is 1. The number of amides is 1. The molecule has 4 nitrogen and oxygen atoms in total. The van der Waals surface area contributed by atoms with Crippen LogP contribution in [0.15, 0.2) is 41.1 Å². The molecule has 1 amide bonds. The van der Waals surface area contributed by atoms with Gasteiger partial charge in [0.15, 0.2) is 0 Å². The maximum Gasteiger partial charge on any atom is 0.416 e. The average molecular weight is 360 g/mol. The molecule has 3 N–H and O–H groups in total. The first-order chi connectivity index (χ1) is 9.77. The number of hydrogen-bond acceptors (Lipinski definition) is 3. The highest BCUT2D eigenvalue weighted by Crippen LogP contribution is 2.32. The average Bonchev–Trinajstić information content (AvgIpc) is 2.39. The molecule has 1 aromatic heterocycles. The maximum atomic E-state index is 12.5. The van der Waals surface area contributed by atoms with Crippen molar-refractivity contribution < 1.29 is 18.0 Å². The van der Waals surface area contributed by atoms with Gasteiger partial charge in [0.1, 0.15) is 0 Å². The molecule has 0 atom stereocenters. The molecule has 0 radical (unpaired) electrons. The highest BCUT2D eigenvalue weighted by molar-refractivity contribution is 9.10. The van der Waals surface area contributed by atoms with Crippen LogP contribution in [-0.2, 0) is 6.18 Å². The number of carbonyl (C=O) groups excluding carboxylic acids is 1. The lowest BCUT2D eigenvalue weighted by atomic mass is 10.1. The minimum atomic E-state index is -4.48. The van der Waals surface area contributed by atoms with E-state index in [2.05, 4.69) is 26.2 Å². The Balaban J connectivity index is 2.22. The van der Waals surface area contributed by atoms with Crippen molar-refractivity contribution in [1.82, 2.24) is 4.98 Å². The van der Waals surface area contributed by atoms with Crippen molar-refractivity contribution in [2.75, 3.05) is 11.1 Å². The van der Waals surface area contributed by atoms with Crippen molar-refractivity contribution in [3.05, 3.63) is 52.3 Å². The number of aromatic nitrogens is 1. The van der Waals surface area contributed by atoms with Gasteiger partial charge < -0.3 is 11.1 Å². The smallest absolute Gasteiger partial charge is 0.397 e. The highest BCUT2D eigenvalue weighted by Gasteiger charge is 2.30. The van der Waals surface area contributed by atoms with Gasteiger partial charge in [0, 0.05) is 16.9 Å². The lowest BCUT2D eigenvalue weighted by Gasteiger charge is -2.11. The first-order valence-corrected chi connectivity index (χ1v) is 6.45. The Morgan fingerprint density at radius 2 is 1.95 bits per heavy atom. The number of halogens is 4. The Morgan fingerprint density at radius 3 is 2.52 bits per heavy atom. The molecule has 0 spiro atoms. The number of hydrogen-bond donors (Lipinski definition) is 2. The van der Waals surface area contributed by atoms with Gasteiger partial charge >= 0.3 is 6.18 Å². The van der Waals surface area contributed by atoms with Crippen LogP contribution in [0.25, 0.3) is 0 Å². The summed E-state index contributed by atoms with van der Waals surface area (Å²) in [6, 6.07) is 4.27. The van der Waals surface area contributed by atoms with Crippen LogP contribution < -0.4 is 11.1 Å². The Morgan fingerprint density at radius 1 is 1.24 bits per heavy atom. The Bertz CT molecular complexity index is 689. The molecule has 110 valence electrons. The van der Waals surface area contributed by atoms with Crippen LogP contribution >= 0.6 is 15.9 Å². The third-order valence-corrected chi connectivity index (χ3v) is 3.03. The van der Waals surface area contributed by atoms with E-state index < -0.39 is 17.6 Å². The van der Waals surface area contributed by atoms with Gasteiger partial charge in [-0.05, 0) is 40.2 Å². The summed E-state index contributed by atoms with van der Waals surface area (Å²) in [5, 5.41) is 2.44. The quantitative estimate of drug-likeness (QED) is 0.803. The molecule has 1 aromatic carbocycles. The summed E-state index contributed by atoms with van der Waals surface area (Å²) < 4.78 is 38.2. The summed E-state index contributed by atoms with van der Waals surface area (Å²) in [6.45, 7) is 0.